The Kier molecular flexibility index (Phi) is 4.45. The van der Waals surface area contributed by atoms with Crippen LogP contribution in [0.4, 0.5) is 10.5 Å². The van der Waals surface area contributed by atoms with Crippen LogP contribution in [0, 0.1) is 6.92 Å². The lowest BCUT2D eigenvalue weighted by molar-refractivity contribution is -0.125. The Bertz CT molecular complexity index is 1040. The predicted molar refractivity (Wildman–Crippen MR) is 106 cm³/mol. The highest BCUT2D eigenvalue weighted by molar-refractivity contribution is 8.14. The summed E-state index contributed by atoms with van der Waals surface area (Å²) in [5.74, 6) is -0.145. The Hall–Kier alpha value is -3.06. The molecule has 0 spiro atoms. The molecule has 1 saturated heterocycles. The summed E-state index contributed by atoms with van der Waals surface area (Å²) in [6.07, 6.45) is 0. The Morgan fingerprint density at radius 2 is 1.89 bits per heavy atom. The van der Waals surface area contributed by atoms with Crippen LogP contribution in [-0.4, -0.2) is 32.7 Å². The maximum absolute atomic E-state index is 12.7. The molecular weight excluding hydrogens is 362 g/mol. The van der Waals surface area contributed by atoms with E-state index in [-0.39, 0.29) is 29.4 Å². The summed E-state index contributed by atoms with van der Waals surface area (Å²) in [5.41, 5.74) is 3.85. The molecule has 0 radical (unpaired) electrons. The number of nitrogens with zero attached hydrogens (tertiary/aromatic N) is 1. The van der Waals surface area contributed by atoms with Gasteiger partial charge in [0.1, 0.15) is 0 Å². The molecule has 0 saturated carbocycles. The molecule has 3 amide bonds. The third-order valence-electron chi connectivity index (χ3n) is 4.51. The Labute approximate surface area is 159 Å². The van der Waals surface area contributed by atoms with Gasteiger partial charge in [-0.1, -0.05) is 42.1 Å². The number of anilines is 1. The van der Waals surface area contributed by atoms with Gasteiger partial charge in [-0.05, 0) is 30.7 Å². The zero-order valence-electron chi connectivity index (χ0n) is 14.6. The molecule has 0 aliphatic carbocycles. The number of para-hydroxylation sites is 1. The molecule has 1 aliphatic rings. The summed E-state index contributed by atoms with van der Waals surface area (Å²) in [4.78, 5) is 40.6. The van der Waals surface area contributed by atoms with Gasteiger partial charge >= 0.3 is 0 Å². The van der Waals surface area contributed by atoms with Crippen molar-refractivity contribution >= 4 is 45.4 Å². The lowest BCUT2D eigenvalue weighted by atomic mass is 10.1. The highest BCUT2D eigenvalue weighted by Gasteiger charge is 2.29. The normalized spacial score (nSPS) is 14.2. The molecule has 3 aromatic rings. The summed E-state index contributed by atoms with van der Waals surface area (Å²) in [7, 11) is 0. The number of hydrogen-bond acceptors (Lipinski definition) is 4. The summed E-state index contributed by atoms with van der Waals surface area (Å²) < 4.78 is 0. The minimum Gasteiger partial charge on any atom is -0.358 e. The maximum Gasteiger partial charge on any atom is 0.289 e. The average molecular weight is 379 g/mol. The van der Waals surface area contributed by atoms with Crippen molar-refractivity contribution in [3.8, 4) is 0 Å². The number of hydrogen-bond donors (Lipinski definition) is 2. The van der Waals surface area contributed by atoms with Crippen molar-refractivity contribution in [3.05, 3.63) is 65.4 Å². The van der Waals surface area contributed by atoms with Crippen molar-refractivity contribution in [3.63, 3.8) is 0 Å². The Morgan fingerprint density at radius 3 is 2.59 bits per heavy atom. The molecule has 1 aromatic heterocycles. The van der Waals surface area contributed by atoms with Crippen molar-refractivity contribution in [2.75, 3.05) is 11.1 Å². The van der Waals surface area contributed by atoms with Crippen molar-refractivity contribution in [1.82, 2.24) is 9.88 Å². The Balaban J connectivity index is 1.49. The van der Waals surface area contributed by atoms with Gasteiger partial charge in [0, 0.05) is 22.3 Å². The van der Waals surface area contributed by atoms with Crippen molar-refractivity contribution in [2.45, 2.75) is 13.5 Å². The first-order valence-corrected chi connectivity index (χ1v) is 9.46. The second-order valence-corrected chi connectivity index (χ2v) is 7.28. The number of aromatic amines is 1. The fraction of sp³-hybridized carbons (Fsp3) is 0.150. The maximum atomic E-state index is 12.7. The number of aryl methyl sites for hydroxylation is 1. The molecule has 0 atom stereocenters. The summed E-state index contributed by atoms with van der Waals surface area (Å²) in [6, 6.07) is 14.8. The van der Waals surface area contributed by atoms with Crippen LogP contribution in [0.1, 0.15) is 21.6 Å². The van der Waals surface area contributed by atoms with E-state index in [2.05, 4.69) is 10.3 Å². The molecule has 1 fully saturated rings. The monoisotopic (exact) mass is 379 g/mol. The molecule has 0 unspecified atom stereocenters. The second kappa shape index (κ2) is 6.92. The quantitative estimate of drug-likeness (QED) is 0.720. The smallest absolute Gasteiger partial charge is 0.289 e. The van der Waals surface area contributed by atoms with Gasteiger partial charge < -0.3 is 10.3 Å². The van der Waals surface area contributed by atoms with Crippen LogP contribution in [0.25, 0.3) is 10.9 Å². The number of imide groups is 1. The molecule has 7 heteroatoms. The molecule has 0 bridgehead atoms. The number of benzene rings is 2. The Morgan fingerprint density at radius 1 is 1.15 bits per heavy atom. The topological polar surface area (TPSA) is 82.3 Å². The first-order valence-electron chi connectivity index (χ1n) is 8.47. The number of carbonyl (C=O) groups excluding carboxylic acids is 3. The van der Waals surface area contributed by atoms with Gasteiger partial charge in [-0.25, -0.2) is 0 Å². The molecule has 2 aromatic carbocycles. The van der Waals surface area contributed by atoms with E-state index in [1.807, 2.05) is 31.2 Å². The van der Waals surface area contributed by atoms with E-state index in [0.717, 1.165) is 33.9 Å². The minimum absolute atomic E-state index is 0.169. The van der Waals surface area contributed by atoms with Crippen molar-refractivity contribution in [1.29, 1.82) is 0 Å². The van der Waals surface area contributed by atoms with E-state index in [1.165, 1.54) is 4.90 Å². The minimum atomic E-state index is -0.216. The molecule has 136 valence electrons. The number of nitrogens with one attached hydrogen (secondary N) is 2. The second-order valence-electron chi connectivity index (χ2n) is 6.36. The van der Waals surface area contributed by atoms with Gasteiger partial charge in [-0.2, -0.15) is 0 Å². The van der Waals surface area contributed by atoms with Crippen LogP contribution >= 0.6 is 11.8 Å². The molecular formula is C20H17N3O3S. The fourth-order valence-corrected chi connectivity index (χ4v) is 3.90. The molecule has 2 N–H and O–H groups in total. The molecule has 2 heterocycles. The first kappa shape index (κ1) is 17.4. The van der Waals surface area contributed by atoms with Gasteiger partial charge in [0.25, 0.3) is 11.1 Å². The van der Waals surface area contributed by atoms with Crippen LogP contribution in [0.15, 0.2) is 48.5 Å². The molecule has 27 heavy (non-hydrogen) atoms. The first-order chi connectivity index (χ1) is 13.0. The standard InChI is InChI=1S/C20H17N3O3S/c1-12-18(15-4-2-3-5-16(15)21-12)19(25)22-14-8-6-13(7-9-14)10-23-17(24)11-27-20(23)26/h2-9,21H,10-11H2,1H3,(H,22,25). The van der Waals surface area contributed by atoms with Gasteiger partial charge in [-0.3, -0.25) is 19.3 Å². The highest BCUT2D eigenvalue weighted by atomic mass is 32.2. The fourth-order valence-electron chi connectivity index (χ4n) is 3.17. The van der Waals surface area contributed by atoms with Crippen molar-refractivity contribution in [2.24, 2.45) is 0 Å². The zero-order valence-corrected chi connectivity index (χ0v) is 15.4. The predicted octanol–water partition coefficient (Wildman–Crippen LogP) is 3.92. The largest absolute Gasteiger partial charge is 0.358 e. The van der Waals surface area contributed by atoms with Crippen LogP contribution in [0.3, 0.4) is 0 Å². The van der Waals surface area contributed by atoms with E-state index in [9.17, 15) is 14.4 Å². The SMILES string of the molecule is Cc1[nH]c2ccccc2c1C(=O)Nc1ccc(CN2C(=O)CSC2=O)cc1. The zero-order chi connectivity index (χ0) is 19.0. The number of carbonyl (C=O) groups is 3. The number of aromatic nitrogens is 1. The summed E-state index contributed by atoms with van der Waals surface area (Å²) >= 11 is 1.02. The van der Waals surface area contributed by atoms with E-state index in [1.54, 1.807) is 24.3 Å². The third-order valence-corrected chi connectivity index (χ3v) is 5.37. The lowest BCUT2D eigenvalue weighted by Crippen LogP contribution is -2.27. The number of amides is 3. The van der Waals surface area contributed by atoms with Crippen molar-refractivity contribution < 1.29 is 14.4 Å². The average Bonchev–Trinajstić information content (AvgIpc) is 3.16. The highest BCUT2D eigenvalue weighted by Crippen LogP contribution is 2.24. The van der Waals surface area contributed by atoms with E-state index >= 15 is 0 Å². The molecule has 6 nitrogen and oxygen atoms in total. The van der Waals surface area contributed by atoms with Gasteiger partial charge in [0.2, 0.25) is 5.91 Å². The number of fused-ring (bicyclic) bond motifs is 1. The van der Waals surface area contributed by atoms with E-state index in [4.69, 9.17) is 0 Å². The van der Waals surface area contributed by atoms with E-state index in [0.29, 0.717) is 11.3 Å². The number of thioether (sulfide) groups is 1. The lowest BCUT2D eigenvalue weighted by Gasteiger charge is -2.13. The van der Waals surface area contributed by atoms with Crippen LogP contribution < -0.4 is 5.32 Å². The number of H-pyrrole nitrogens is 1. The van der Waals surface area contributed by atoms with Crippen LogP contribution in [0.2, 0.25) is 0 Å². The summed E-state index contributed by atoms with van der Waals surface area (Å²) in [5, 5.41) is 3.57. The molecule has 1 aliphatic heterocycles. The van der Waals surface area contributed by atoms with Gasteiger partial charge in [-0.15, -0.1) is 0 Å². The van der Waals surface area contributed by atoms with Crippen LogP contribution in [-0.2, 0) is 11.3 Å². The van der Waals surface area contributed by atoms with Gasteiger partial charge in [0.05, 0.1) is 17.9 Å². The molecule has 4 rings (SSSR count). The van der Waals surface area contributed by atoms with Gasteiger partial charge in [0.15, 0.2) is 0 Å². The third kappa shape index (κ3) is 3.33. The number of rotatable bonds is 4. The summed E-state index contributed by atoms with van der Waals surface area (Å²) in [6.45, 7) is 2.13. The van der Waals surface area contributed by atoms with Crippen LogP contribution in [0.5, 0.6) is 0 Å². The van der Waals surface area contributed by atoms with E-state index < -0.39 is 0 Å².